The van der Waals surface area contributed by atoms with Crippen LogP contribution in [0.25, 0.3) is 0 Å². The molecule has 0 spiro atoms. The van der Waals surface area contributed by atoms with Crippen LogP contribution in [-0.2, 0) is 20.7 Å². The number of aryl methyl sites for hydroxylation is 1. The third-order valence-electron chi connectivity index (χ3n) is 3.17. The van der Waals surface area contributed by atoms with Crippen LogP contribution in [0.1, 0.15) is 24.5 Å². The molecule has 0 heterocycles. The summed E-state index contributed by atoms with van der Waals surface area (Å²) >= 11 is 0. The van der Waals surface area contributed by atoms with E-state index in [0.29, 0.717) is 12.3 Å². The average molecular weight is 293 g/mol. The lowest BCUT2D eigenvalue weighted by Crippen LogP contribution is -2.37. The summed E-state index contributed by atoms with van der Waals surface area (Å²) < 4.78 is 9.91. The largest absolute Gasteiger partial charge is 0.496 e. The Labute approximate surface area is 125 Å². The maximum atomic E-state index is 12.4. The van der Waals surface area contributed by atoms with Gasteiger partial charge in [0.05, 0.1) is 20.6 Å². The molecule has 0 saturated carbocycles. The van der Waals surface area contributed by atoms with E-state index in [9.17, 15) is 9.59 Å². The zero-order chi connectivity index (χ0) is 15.8. The van der Waals surface area contributed by atoms with Crippen LogP contribution in [0.3, 0.4) is 0 Å². The molecule has 1 aromatic rings. The van der Waals surface area contributed by atoms with Gasteiger partial charge in [-0.25, -0.2) is 0 Å². The molecule has 0 aromatic heterocycles. The van der Waals surface area contributed by atoms with Gasteiger partial charge in [0.1, 0.15) is 12.3 Å². The molecular formula is C16H23NO4. The van der Waals surface area contributed by atoms with Gasteiger partial charge < -0.3 is 14.4 Å². The molecule has 0 aliphatic carbocycles. The molecule has 5 nitrogen and oxygen atoms in total. The molecule has 0 saturated heterocycles. The van der Waals surface area contributed by atoms with Crippen LogP contribution >= 0.6 is 0 Å². The fourth-order valence-electron chi connectivity index (χ4n) is 2.10. The van der Waals surface area contributed by atoms with Gasteiger partial charge in [-0.1, -0.05) is 24.6 Å². The molecule has 21 heavy (non-hydrogen) atoms. The first-order valence-corrected chi connectivity index (χ1v) is 6.99. The minimum atomic E-state index is -0.409. The Hall–Kier alpha value is -2.04. The van der Waals surface area contributed by atoms with Crippen molar-refractivity contribution in [3.63, 3.8) is 0 Å². The van der Waals surface area contributed by atoms with Gasteiger partial charge in [-0.3, -0.25) is 9.59 Å². The van der Waals surface area contributed by atoms with Crippen LogP contribution in [0.4, 0.5) is 0 Å². The topological polar surface area (TPSA) is 55.8 Å². The number of rotatable bonds is 7. The molecule has 0 atom stereocenters. The van der Waals surface area contributed by atoms with Gasteiger partial charge in [-0.15, -0.1) is 0 Å². The predicted octanol–water partition coefficient (Wildman–Crippen LogP) is 1.96. The third-order valence-corrected chi connectivity index (χ3v) is 3.17. The maximum absolute atomic E-state index is 12.4. The van der Waals surface area contributed by atoms with E-state index in [-0.39, 0.29) is 18.9 Å². The highest BCUT2D eigenvalue weighted by Gasteiger charge is 2.18. The fourth-order valence-corrected chi connectivity index (χ4v) is 2.10. The highest BCUT2D eigenvalue weighted by Crippen LogP contribution is 2.20. The van der Waals surface area contributed by atoms with Crippen molar-refractivity contribution >= 4 is 11.9 Å². The number of esters is 1. The van der Waals surface area contributed by atoms with E-state index in [0.717, 1.165) is 17.5 Å². The van der Waals surface area contributed by atoms with E-state index < -0.39 is 5.97 Å². The second-order valence-corrected chi connectivity index (χ2v) is 4.88. The van der Waals surface area contributed by atoms with Crippen molar-refractivity contribution in [1.29, 1.82) is 0 Å². The third kappa shape index (κ3) is 5.10. The number of ether oxygens (including phenoxy) is 2. The van der Waals surface area contributed by atoms with Gasteiger partial charge in [-0.05, 0) is 19.4 Å². The van der Waals surface area contributed by atoms with E-state index in [1.165, 1.54) is 12.0 Å². The Kier molecular flexibility index (Phi) is 6.72. The smallest absolute Gasteiger partial charge is 0.325 e. The molecular weight excluding hydrogens is 270 g/mol. The summed E-state index contributed by atoms with van der Waals surface area (Å²) in [5, 5.41) is 0. The van der Waals surface area contributed by atoms with Crippen LogP contribution in [0.15, 0.2) is 18.2 Å². The lowest BCUT2D eigenvalue weighted by molar-refractivity contribution is -0.146. The summed E-state index contributed by atoms with van der Waals surface area (Å²) in [5.41, 5.74) is 1.89. The molecule has 0 unspecified atom stereocenters. The first kappa shape index (κ1) is 17.0. The Balaban J connectivity index is 2.85. The first-order chi connectivity index (χ1) is 10.0. The van der Waals surface area contributed by atoms with Crippen LogP contribution in [0, 0.1) is 6.92 Å². The van der Waals surface area contributed by atoms with Crippen LogP contribution in [0.5, 0.6) is 5.75 Å². The number of methoxy groups -OCH3 is 2. The highest BCUT2D eigenvalue weighted by molar-refractivity contribution is 5.84. The van der Waals surface area contributed by atoms with E-state index in [1.807, 2.05) is 32.0 Å². The summed E-state index contributed by atoms with van der Waals surface area (Å²) in [4.78, 5) is 25.3. The summed E-state index contributed by atoms with van der Waals surface area (Å²) in [6, 6.07) is 5.71. The summed E-state index contributed by atoms with van der Waals surface area (Å²) in [5.74, 6) is 0.169. The standard InChI is InChI=1S/C16H23NO4/c1-5-8-17(11-16(19)21-4)15(18)10-13-9-12(2)6-7-14(13)20-3/h6-7,9H,5,8,10-11H2,1-4H3. The number of amides is 1. The minimum absolute atomic E-state index is 0.0166. The Bertz CT molecular complexity index is 499. The number of nitrogens with zero attached hydrogens (tertiary/aromatic N) is 1. The molecule has 0 N–H and O–H groups in total. The number of carbonyl (C=O) groups excluding carboxylic acids is 2. The quantitative estimate of drug-likeness (QED) is 0.721. The fraction of sp³-hybridized carbons (Fsp3) is 0.500. The zero-order valence-corrected chi connectivity index (χ0v) is 13.1. The van der Waals surface area contributed by atoms with Crippen molar-refractivity contribution in [2.24, 2.45) is 0 Å². The summed E-state index contributed by atoms with van der Waals surface area (Å²) in [6.45, 7) is 4.44. The normalized spacial score (nSPS) is 10.1. The number of hydrogen-bond donors (Lipinski definition) is 0. The second-order valence-electron chi connectivity index (χ2n) is 4.88. The molecule has 0 bridgehead atoms. The second kappa shape index (κ2) is 8.29. The van der Waals surface area contributed by atoms with Crippen molar-refractivity contribution in [2.75, 3.05) is 27.3 Å². The van der Waals surface area contributed by atoms with Gasteiger partial charge in [0, 0.05) is 12.1 Å². The lowest BCUT2D eigenvalue weighted by atomic mass is 10.1. The van der Waals surface area contributed by atoms with Gasteiger partial charge in [0.25, 0.3) is 0 Å². The highest BCUT2D eigenvalue weighted by atomic mass is 16.5. The van der Waals surface area contributed by atoms with Crippen molar-refractivity contribution in [1.82, 2.24) is 4.90 Å². The van der Waals surface area contributed by atoms with Crippen LogP contribution in [0.2, 0.25) is 0 Å². The van der Waals surface area contributed by atoms with Crippen LogP contribution < -0.4 is 4.74 Å². The zero-order valence-electron chi connectivity index (χ0n) is 13.1. The van der Waals surface area contributed by atoms with Gasteiger partial charge in [0.2, 0.25) is 5.91 Å². The Morgan fingerprint density at radius 1 is 1.24 bits per heavy atom. The maximum Gasteiger partial charge on any atom is 0.325 e. The van der Waals surface area contributed by atoms with E-state index in [2.05, 4.69) is 4.74 Å². The molecule has 1 rings (SSSR count). The molecule has 0 radical (unpaired) electrons. The number of hydrogen-bond acceptors (Lipinski definition) is 4. The van der Waals surface area contributed by atoms with E-state index in [1.54, 1.807) is 7.11 Å². The van der Waals surface area contributed by atoms with E-state index in [4.69, 9.17) is 4.74 Å². The van der Waals surface area contributed by atoms with Gasteiger partial charge >= 0.3 is 5.97 Å². The molecule has 116 valence electrons. The predicted molar refractivity (Wildman–Crippen MR) is 80.3 cm³/mol. The summed E-state index contributed by atoms with van der Waals surface area (Å²) in [7, 11) is 2.90. The molecule has 1 aromatic carbocycles. The molecule has 0 aliphatic heterocycles. The number of benzene rings is 1. The van der Waals surface area contributed by atoms with Gasteiger partial charge in [0.15, 0.2) is 0 Å². The first-order valence-electron chi connectivity index (χ1n) is 6.99. The molecule has 5 heteroatoms. The summed E-state index contributed by atoms with van der Waals surface area (Å²) in [6.07, 6.45) is 0.996. The Morgan fingerprint density at radius 2 is 1.95 bits per heavy atom. The van der Waals surface area contributed by atoms with Crippen molar-refractivity contribution in [3.05, 3.63) is 29.3 Å². The molecule has 0 fully saturated rings. The monoisotopic (exact) mass is 293 g/mol. The minimum Gasteiger partial charge on any atom is -0.496 e. The van der Waals surface area contributed by atoms with E-state index >= 15 is 0 Å². The van der Waals surface area contributed by atoms with Crippen LogP contribution in [-0.4, -0.2) is 44.1 Å². The number of carbonyl (C=O) groups is 2. The van der Waals surface area contributed by atoms with Crippen molar-refractivity contribution in [2.45, 2.75) is 26.7 Å². The average Bonchev–Trinajstić information content (AvgIpc) is 2.46. The van der Waals surface area contributed by atoms with Crippen molar-refractivity contribution in [3.8, 4) is 5.75 Å². The van der Waals surface area contributed by atoms with Crippen molar-refractivity contribution < 1.29 is 19.1 Å². The molecule has 0 aliphatic rings. The molecule has 1 amide bonds. The van der Waals surface area contributed by atoms with Gasteiger partial charge in [-0.2, -0.15) is 0 Å². The SMILES string of the molecule is CCCN(CC(=O)OC)C(=O)Cc1cc(C)ccc1OC. The Morgan fingerprint density at radius 3 is 2.52 bits per heavy atom. The lowest BCUT2D eigenvalue weighted by Gasteiger charge is -2.21.